The zero-order valence-corrected chi connectivity index (χ0v) is 10.3. The number of rotatable bonds is 1. The molecule has 2 aromatic rings. The van der Waals surface area contributed by atoms with Crippen molar-refractivity contribution in [2.75, 3.05) is 19.7 Å². The monoisotopic (exact) mass is 281 g/mol. The van der Waals surface area contributed by atoms with Gasteiger partial charge in [0.1, 0.15) is 17.4 Å². The van der Waals surface area contributed by atoms with E-state index in [0.717, 1.165) is 40.9 Å². The van der Waals surface area contributed by atoms with Crippen LogP contribution >= 0.6 is 15.9 Å². The second-order valence-electron chi connectivity index (χ2n) is 3.89. The minimum Gasteiger partial charge on any atom is -0.458 e. The number of morpholine rings is 1. The van der Waals surface area contributed by atoms with E-state index in [1.807, 2.05) is 12.1 Å². The van der Waals surface area contributed by atoms with Crippen LogP contribution in [-0.4, -0.2) is 19.7 Å². The van der Waals surface area contributed by atoms with E-state index in [2.05, 4.69) is 33.4 Å². The molecule has 1 atom stereocenters. The summed E-state index contributed by atoms with van der Waals surface area (Å²) in [6, 6.07) is 8.06. The van der Waals surface area contributed by atoms with Gasteiger partial charge in [0.2, 0.25) is 0 Å². The molecule has 1 N–H and O–H groups in total. The Morgan fingerprint density at radius 2 is 2.25 bits per heavy atom. The maximum atomic E-state index is 5.78. The molecule has 1 aromatic heterocycles. The molecule has 0 spiro atoms. The van der Waals surface area contributed by atoms with Crippen LogP contribution in [0.4, 0.5) is 0 Å². The third-order valence-electron chi connectivity index (χ3n) is 2.74. The average Bonchev–Trinajstić information content (AvgIpc) is 2.73. The van der Waals surface area contributed by atoms with E-state index in [9.17, 15) is 0 Å². The van der Waals surface area contributed by atoms with E-state index in [1.54, 1.807) is 0 Å². The van der Waals surface area contributed by atoms with Crippen LogP contribution in [0.25, 0.3) is 11.0 Å². The molecule has 1 fully saturated rings. The molecule has 0 radical (unpaired) electrons. The second-order valence-corrected chi connectivity index (χ2v) is 4.81. The lowest BCUT2D eigenvalue weighted by atomic mass is 10.2. The lowest BCUT2D eigenvalue weighted by molar-refractivity contribution is 0.0152. The molecule has 4 heteroatoms. The highest BCUT2D eigenvalue weighted by Gasteiger charge is 2.19. The molecule has 16 heavy (non-hydrogen) atoms. The van der Waals surface area contributed by atoms with Gasteiger partial charge in [0.15, 0.2) is 0 Å². The van der Waals surface area contributed by atoms with Gasteiger partial charge in [-0.2, -0.15) is 0 Å². The summed E-state index contributed by atoms with van der Waals surface area (Å²) < 4.78 is 12.5. The molecule has 2 heterocycles. The summed E-state index contributed by atoms with van der Waals surface area (Å²) in [6.07, 6.45) is 0.0416. The summed E-state index contributed by atoms with van der Waals surface area (Å²) in [4.78, 5) is 0. The topological polar surface area (TPSA) is 34.4 Å². The maximum absolute atomic E-state index is 5.78. The summed E-state index contributed by atoms with van der Waals surface area (Å²) in [5.41, 5.74) is 0.910. The normalized spacial score (nSPS) is 21.4. The Morgan fingerprint density at radius 3 is 3.06 bits per heavy atom. The van der Waals surface area contributed by atoms with Gasteiger partial charge in [-0.05, 0) is 24.3 Å². The Labute approximate surface area is 102 Å². The second kappa shape index (κ2) is 4.20. The van der Waals surface area contributed by atoms with Crippen molar-refractivity contribution >= 4 is 26.9 Å². The van der Waals surface area contributed by atoms with Crippen LogP contribution in [0.1, 0.15) is 11.9 Å². The zero-order valence-electron chi connectivity index (χ0n) is 8.70. The maximum Gasteiger partial charge on any atom is 0.135 e. The summed E-state index contributed by atoms with van der Waals surface area (Å²) >= 11 is 3.45. The van der Waals surface area contributed by atoms with Crippen LogP contribution in [0.3, 0.4) is 0 Å². The summed E-state index contributed by atoms with van der Waals surface area (Å²) in [5, 5.41) is 4.40. The molecule has 1 aliphatic heterocycles. The van der Waals surface area contributed by atoms with E-state index >= 15 is 0 Å². The Bertz CT molecular complexity index is 503. The van der Waals surface area contributed by atoms with Gasteiger partial charge in [-0.15, -0.1) is 0 Å². The highest BCUT2D eigenvalue weighted by molar-refractivity contribution is 9.10. The van der Waals surface area contributed by atoms with Crippen molar-refractivity contribution in [2.45, 2.75) is 6.10 Å². The lowest BCUT2D eigenvalue weighted by Crippen LogP contribution is -2.33. The van der Waals surface area contributed by atoms with E-state index in [-0.39, 0.29) is 6.10 Å². The molecule has 0 saturated carbocycles. The van der Waals surface area contributed by atoms with Crippen molar-refractivity contribution in [3.8, 4) is 0 Å². The predicted molar refractivity (Wildman–Crippen MR) is 65.5 cm³/mol. The Kier molecular flexibility index (Phi) is 2.71. The van der Waals surface area contributed by atoms with Crippen molar-refractivity contribution in [3.05, 3.63) is 34.5 Å². The number of benzene rings is 1. The van der Waals surface area contributed by atoms with Gasteiger partial charge in [0, 0.05) is 22.9 Å². The van der Waals surface area contributed by atoms with Crippen LogP contribution in [-0.2, 0) is 4.74 Å². The van der Waals surface area contributed by atoms with Crippen LogP contribution in [0.5, 0.6) is 0 Å². The number of hydrogen-bond donors (Lipinski definition) is 1. The van der Waals surface area contributed by atoms with Gasteiger partial charge in [-0.25, -0.2) is 0 Å². The Balaban J connectivity index is 1.97. The first-order valence-electron chi connectivity index (χ1n) is 5.34. The van der Waals surface area contributed by atoms with E-state index in [4.69, 9.17) is 9.15 Å². The third kappa shape index (κ3) is 1.88. The van der Waals surface area contributed by atoms with Gasteiger partial charge in [-0.1, -0.05) is 15.9 Å². The van der Waals surface area contributed by atoms with Crippen LogP contribution < -0.4 is 5.32 Å². The Morgan fingerprint density at radius 1 is 1.31 bits per heavy atom. The van der Waals surface area contributed by atoms with Gasteiger partial charge >= 0.3 is 0 Å². The first-order chi connectivity index (χ1) is 7.83. The number of furan rings is 1. The standard InChI is InChI=1S/C12H12BrNO2/c13-9-1-2-10-8(5-9)6-11(16-10)12-7-14-3-4-15-12/h1-2,5-6,12,14H,3-4,7H2. The van der Waals surface area contributed by atoms with Crippen molar-refractivity contribution < 1.29 is 9.15 Å². The molecule has 1 unspecified atom stereocenters. The molecule has 0 bridgehead atoms. The van der Waals surface area contributed by atoms with Crippen molar-refractivity contribution in [2.24, 2.45) is 0 Å². The molecular weight excluding hydrogens is 270 g/mol. The Hall–Kier alpha value is -0.840. The molecule has 1 saturated heterocycles. The summed E-state index contributed by atoms with van der Waals surface area (Å²) in [6.45, 7) is 2.48. The zero-order chi connectivity index (χ0) is 11.0. The van der Waals surface area contributed by atoms with Gasteiger partial charge in [-0.3, -0.25) is 0 Å². The first kappa shape index (κ1) is 10.3. The van der Waals surface area contributed by atoms with Crippen molar-refractivity contribution in [1.82, 2.24) is 5.32 Å². The fourth-order valence-electron chi connectivity index (χ4n) is 1.94. The highest BCUT2D eigenvalue weighted by Crippen LogP contribution is 2.28. The van der Waals surface area contributed by atoms with Crippen molar-refractivity contribution in [1.29, 1.82) is 0 Å². The van der Waals surface area contributed by atoms with E-state index in [0.29, 0.717) is 0 Å². The third-order valence-corrected chi connectivity index (χ3v) is 3.24. The molecule has 84 valence electrons. The number of ether oxygens (including phenoxy) is 1. The fraction of sp³-hybridized carbons (Fsp3) is 0.333. The van der Waals surface area contributed by atoms with Crippen molar-refractivity contribution in [3.63, 3.8) is 0 Å². The lowest BCUT2D eigenvalue weighted by Gasteiger charge is -2.21. The molecular formula is C12H12BrNO2. The fourth-order valence-corrected chi connectivity index (χ4v) is 2.32. The van der Waals surface area contributed by atoms with E-state index in [1.165, 1.54) is 0 Å². The summed E-state index contributed by atoms with van der Waals surface area (Å²) in [7, 11) is 0. The largest absolute Gasteiger partial charge is 0.458 e. The van der Waals surface area contributed by atoms with Crippen LogP contribution in [0.2, 0.25) is 0 Å². The minimum atomic E-state index is 0.0416. The van der Waals surface area contributed by atoms with E-state index < -0.39 is 0 Å². The number of hydrogen-bond acceptors (Lipinski definition) is 3. The average molecular weight is 282 g/mol. The predicted octanol–water partition coefficient (Wildman–Crippen LogP) is 2.86. The van der Waals surface area contributed by atoms with Gasteiger partial charge in [0.25, 0.3) is 0 Å². The van der Waals surface area contributed by atoms with Crippen LogP contribution in [0, 0.1) is 0 Å². The smallest absolute Gasteiger partial charge is 0.135 e. The van der Waals surface area contributed by atoms with Gasteiger partial charge < -0.3 is 14.5 Å². The number of fused-ring (bicyclic) bond motifs is 1. The SMILES string of the molecule is Brc1ccc2oc(C3CNCCO3)cc2c1. The summed E-state index contributed by atoms with van der Waals surface area (Å²) in [5.74, 6) is 0.903. The molecule has 1 aromatic carbocycles. The quantitative estimate of drug-likeness (QED) is 0.873. The molecule has 1 aliphatic rings. The first-order valence-corrected chi connectivity index (χ1v) is 6.13. The molecule has 0 amide bonds. The number of halogens is 1. The van der Waals surface area contributed by atoms with Gasteiger partial charge in [0.05, 0.1) is 6.61 Å². The molecule has 0 aliphatic carbocycles. The molecule has 3 nitrogen and oxygen atoms in total. The minimum absolute atomic E-state index is 0.0416. The van der Waals surface area contributed by atoms with Crippen LogP contribution in [0.15, 0.2) is 33.2 Å². The number of nitrogens with one attached hydrogen (secondary N) is 1. The highest BCUT2D eigenvalue weighted by atomic mass is 79.9. The molecule has 3 rings (SSSR count).